The van der Waals surface area contributed by atoms with Crippen LogP contribution in [0.1, 0.15) is 25.3 Å². The van der Waals surface area contributed by atoms with E-state index in [0.29, 0.717) is 16.1 Å². The SMILES string of the molecule is CC(C)c1c(Cl)nc(-c2cncn2C)nc1Cl. The van der Waals surface area contributed by atoms with Gasteiger partial charge in [0.15, 0.2) is 5.82 Å². The highest BCUT2D eigenvalue weighted by Gasteiger charge is 2.16. The van der Waals surface area contributed by atoms with E-state index in [1.807, 2.05) is 25.5 Å². The standard InChI is InChI=1S/C11H12Cl2N4/c1-6(2)8-9(12)15-11(16-10(8)13)7-4-14-5-17(7)3/h4-6H,1-3H3. The molecule has 90 valence electrons. The third-order valence-corrected chi connectivity index (χ3v) is 3.05. The maximum Gasteiger partial charge on any atom is 0.180 e. The van der Waals surface area contributed by atoms with Gasteiger partial charge in [0.2, 0.25) is 0 Å². The Labute approximate surface area is 110 Å². The van der Waals surface area contributed by atoms with Gasteiger partial charge >= 0.3 is 0 Å². The zero-order valence-electron chi connectivity index (χ0n) is 9.78. The number of nitrogens with zero attached hydrogens (tertiary/aromatic N) is 4. The zero-order chi connectivity index (χ0) is 12.6. The lowest BCUT2D eigenvalue weighted by molar-refractivity contribution is 0.843. The fourth-order valence-electron chi connectivity index (χ4n) is 1.58. The molecule has 0 atom stereocenters. The van der Waals surface area contributed by atoms with E-state index in [9.17, 15) is 0 Å². The number of hydrogen-bond donors (Lipinski definition) is 0. The highest BCUT2D eigenvalue weighted by molar-refractivity contribution is 6.34. The van der Waals surface area contributed by atoms with Crippen LogP contribution in [-0.2, 0) is 7.05 Å². The lowest BCUT2D eigenvalue weighted by Gasteiger charge is -2.10. The number of halogens is 2. The molecule has 2 heterocycles. The smallest absolute Gasteiger partial charge is 0.180 e. The van der Waals surface area contributed by atoms with Crippen molar-refractivity contribution in [2.45, 2.75) is 19.8 Å². The van der Waals surface area contributed by atoms with Crippen LogP contribution in [-0.4, -0.2) is 19.5 Å². The summed E-state index contributed by atoms with van der Waals surface area (Å²) in [6.45, 7) is 4.00. The topological polar surface area (TPSA) is 43.6 Å². The summed E-state index contributed by atoms with van der Waals surface area (Å²) < 4.78 is 1.82. The van der Waals surface area contributed by atoms with Crippen molar-refractivity contribution >= 4 is 23.2 Å². The average Bonchev–Trinajstić information content (AvgIpc) is 2.62. The molecule has 0 aliphatic rings. The first-order valence-electron chi connectivity index (χ1n) is 5.20. The van der Waals surface area contributed by atoms with Crippen LogP contribution >= 0.6 is 23.2 Å². The Morgan fingerprint density at radius 2 is 1.76 bits per heavy atom. The van der Waals surface area contributed by atoms with Gasteiger partial charge in [0.05, 0.1) is 12.5 Å². The average molecular weight is 271 g/mol. The molecule has 0 N–H and O–H groups in total. The van der Waals surface area contributed by atoms with Gasteiger partial charge in [-0.3, -0.25) is 0 Å². The van der Waals surface area contributed by atoms with Crippen molar-refractivity contribution in [2.24, 2.45) is 7.05 Å². The quantitative estimate of drug-likeness (QED) is 0.787. The fraction of sp³-hybridized carbons (Fsp3) is 0.364. The number of rotatable bonds is 2. The van der Waals surface area contributed by atoms with Crippen molar-refractivity contribution < 1.29 is 0 Å². The highest BCUT2D eigenvalue weighted by atomic mass is 35.5. The molecule has 0 fully saturated rings. The van der Waals surface area contributed by atoms with E-state index in [-0.39, 0.29) is 5.92 Å². The molecule has 0 radical (unpaired) electrons. The summed E-state index contributed by atoms with van der Waals surface area (Å²) in [6, 6.07) is 0. The summed E-state index contributed by atoms with van der Waals surface area (Å²) in [5.74, 6) is 0.681. The first-order chi connectivity index (χ1) is 8.00. The highest BCUT2D eigenvalue weighted by Crippen LogP contribution is 2.30. The molecular weight excluding hydrogens is 259 g/mol. The van der Waals surface area contributed by atoms with Crippen LogP contribution in [0.3, 0.4) is 0 Å². The second-order valence-corrected chi connectivity index (χ2v) is 4.80. The molecule has 0 saturated carbocycles. The van der Waals surface area contributed by atoms with Gasteiger partial charge in [-0.2, -0.15) is 0 Å². The van der Waals surface area contributed by atoms with Crippen molar-refractivity contribution in [1.29, 1.82) is 0 Å². The fourth-order valence-corrected chi connectivity index (χ4v) is 2.40. The zero-order valence-corrected chi connectivity index (χ0v) is 11.3. The van der Waals surface area contributed by atoms with Gasteiger partial charge in [-0.1, -0.05) is 37.0 Å². The van der Waals surface area contributed by atoms with Crippen LogP contribution in [0.4, 0.5) is 0 Å². The maximum absolute atomic E-state index is 6.13. The van der Waals surface area contributed by atoms with Gasteiger partial charge < -0.3 is 4.57 Å². The minimum Gasteiger partial charge on any atom is -0.331 e. The maximum atomic E-state index is 6.13. The second kappa shape index (κ2) is 4.63. The molecule has 0 saturated heterocycles. The van der Waals surface area contributed by atoms with Gasteiger partial charge in [-0.25, -0.2) is 15.0 Å². The van der Waals surface area contributed by atoms with Gasteiger partial charge in [-0.15, -0.1) is 0 Å². The first-order valence-corrected chi connectivity index (χ1v) is 5.96. The summed E-state index contributed by atoms with van der Waals surface area (Å²) in [5.41, 5.74) is 1.56. The summed E-state index contributed by atoms with van der Waals surface area (Å²) in [4.78, 5) is 12.5. The molecule has 0 aromatic carbocycles. The van der Waals surface area contributed by atoms with Gasteiger partial charge in [0.25, 0.3) is 0 Å². The molecule has 0 unspecified atom stereocenters. The number of aryl methyl sites for hydroxylation is 1. The van der Waals surface area contributed by atoms with Crippen molar-refractivity contribution in [3.63, 3.8) is 0 Å². The summed E-state index contributed by atoms with van der Waals surface area (Å²) >= 11 is 12.3. The van der Waals surface area contributed by atoms with E-state index in [1.165, 1.54) is 0 Å². The van der Waals surface area contributed by atoms with Gasteiger partial charge in [0.1, 0.15) is 16.0 Å². The third kappa shape index (κ3) is 2.28. The molecule has 2 aromatic heterocycles. The number of aromatic nitrogens is 4. The third-order valence-electron chi connectivity index (χ3n) is 2.48. The Balaban J connectivity index is 2.57. The molecule has 0 aliphatic carbocycles. The van der Waals surface area contributed by atoms with E-state index < -0.39 is 0 Å². The largest absolute Gasteiger partial charge is 0.331 e. The molecule has 4 nitrogen and oxygen atoms in total. The molecular formula is C11H12Cl2N4. The van der Waals surface area contributed by atoms with Crippen LogP contribution in [0.2, 0.25) is 10.3 Å². The van der Waals surface area contributed by atoms with Crippen LogP contribution in [0.15, 0.2) is 12.5 Å². The Morgan fingerprint density at radius 1 is 1.18 bits per heavy atom. The predicted octanol–water partition coefficient (Wildman–Crippen LogP) is 3.31. The molecule has 0 aliphatic heterocycles. The molecule has 2 rings (SSSR count). The van der Waals surface area contributed by atoms with Gasteiger partial charge in [0, 0.05) is 12.6 Å². The lowest BCUT2D eigenvalue weighted by atomic mass is 10.1. The Hall–Kier alpha value is -1.13. The normalized spacial score (nSPS) is 11.2. The Kier molecular flexibility index (Phi) is 3.35. The van der Waals surface area contributed by atoms with Crippen LogP contribution in [0, 0.1) is 0 Å². The summed E-state index contributed by atoms with van der Waals surface area (Å²) in [7, 11) is 1.86. The van der Waals surface area contributed by atoms with Crippen LogP contribution in [0.25, 0.3) is 11.5 Å². The predicted molar refractivity (Wildman–Crippen MR) is 68.3 cm³/mol. The van der Waals surface area contributed by atoms with E-state index in [0.717, 1.165) is 11.3 Å². The molecule has 6 heteroatoms. The minimum absolute atomic E-state index is 0.190. The van der Waals surface area contributed by atoms with Crippen molar-refractivity contribution in [3.05, 3.63) is 28.4 Å². The van der Waals surface area contributed by atoms with E-state index in [1.54, 1.807) is 12.5 Å². The summed E-state index contributed by atoms with van der Waals surface area (Å²) in [5, 5.41) is 0.799. The number of imidazole rings is 1. The van der Waals surface area contributed by atoms with Gasteiger partial charge in [-0.05, 0) is 5.92 Å². The van der Waals surface area contributed by atoms with Crippen molar-refractivity contribution in [2.75, 3.05) is 0 Å². The molecule has 2 aromatic rings. The first kappa shape index (κ1) is 12.3. The minimum atomic E-state index is 0.190. The molecule has 0 amide bonds. The second-order valence-electron chi connectivity index (χ2n) is 4.09. The van der Waals surface area contributed by atoms with Crippen LogP contribution < -0.4 is 0 Å². The lowest BCUT2D eigenvalue weighted by Crippen LogP contribution is -2.01. The van der Waals surface area contributed by atoms with E-state index >= 15 is 0 Å². The Bertz CT molecular complexity index is 525. The monoisotopic (exact) mass is 270 g/mol. The summed E-state index contributed by atoms with van der Waals surface area (Å²) in [6.07, 6.45) is 3.36. The van der Waals surface area contributed by atoms with E-state index in [2.05, 4.69) is 15.0 Å². The Morgan fingerprint density at radius 3 is 2.18 bits per heavy atom. The molecule has 0 spiro atoms. The van der Waals surface area contributed by atoms with Crippen LogP contribution in [0.5, 0.6) is 0 Å². The van der Waals surface area contributed by atoms with Crippen molar-refractivity contribution in [3.8, 4) is 11.5 Å². The van der Waals surface area contributed by atoms with E-state index in [4.69, 9.17) is 23.2 Å². The number of hydrogen-bond acceptors (Lipinski definition) is 3. The van der Waals surface area contributed by atoms with Crippen molar-refractivity contribution in [1.82, 2.24) is 19.5 Å². The molecule has 17 heavy (non-hydrogen) atoms. The molecule has 0 bridgehead atoms.